The molecule has 0 aromatic heterocycles. The Morgan fingerprint density at radius 2 is 1.90 bits per heavy atom. The molecule has 104 valence electrons. The first-order valence-electron chi connectivity index (χ1n) is 6.75. The summed E-state index contributed by atoms with van der Waals surface area (Å²) in [6, 6.07) is 16.2. The summed E-state index contributed by atoms with van der Waals surface area (Å²) in [5.74, 6) is 0.461. The van der Waals surface area contributed by atoms with Crippen LogP contribution in [0.1, 0.15) is 18.1 Å². The Hall–Kier alpha value is -1.74. The monoisotopic (exact) mass is 285 g/mol. The van der Waals surface area contributed by atoms with Gasteiger partial charge in [-0.15, -0.1) is 11.8 Å². The molecule has 0 saturated heterocycles. The van der Waals surface area contributed by atoms with Crippen molar-refractivity contribution in [1.29, 1.82) is 0 Å². The predicted molar refractivity (Wildman–Crippen MR) is 86.4 cm³/mol. The molecule has 0 bridgehead atoms. The molecule has 20 heavy (non-hydrogen) atoms. The van der Waals surface area contributed by atoms with Crippen LogP contribution in [0.2, 0.25) is 0 Å². The van der Waals surface area contributed by atoms with Crippen molar-refractivity contribution in [1.82, 2.24) is 0 Å². The number of anilines is 1. The number of carbonyl (C=O) groups excluding carboxylic acids is 1. The van der Waals surface area contributed by atoms with Crippen molar-refractivity contribution < 1.29 is 4.79 Å². The minimum Gasteiger partial charge on any atom is -0.325 e. The van der Waals surface area contributed by atoms with Crippen LogP contribution >= 0.6 is 11.8 Å². The van der Waals surface area contributed by atoms with Gasteiger partial charge in [0.05, 0.1) is 5.75 Å². The lowest BCUT2D eigenvalue weighted by molar-refractivity contribution is -0.113. The molecule has 0 unspecified atom stereocenters. The number of aryl methyl sites for hydroxylation is 2. The van der Waals surface area contributed by atoms with Gasteiger partial charge < -0.3 is 5.32 Å². The fourth-order valence-corrected chi connectivity index (χ4v) is 2.55. The normalized spacial score (nSPS) is 10.3. The Morgan fingerprint density at radius 1 is 1.15 bits per heavy atom. The summed E-state index contributed by atoms with van der Waals surface area (Å²) < 4.78 is 0. The standard InChI is InChI=1S/C17H19NOS/c1-3-14-5-4-6-15(11-14)18-17(19)12-20-16-9-7-13(2)8-10-16/h4-11H,3,12H2,1-2H3,(H,18,19). The van der Waals surface area contributed by atoms with Crippen molar-refractivity contribution in [3.8, 4) is 0 Å². The first-order valence-corrected chi connectivity index (χ1v) is 7.74. The van der Waals surface area contributed by atoms with Gasteiger partial charge in [-0.25, -0.2) is 0 Å². The van der Waals surface area contributed by atoms with Gasteiger partial charge in [0.15, 0.2) is 0 Å². The largest absolute Gasteiger partial charge is 0.325 e. The number of hydrogen-bond donors (Lipinski definition) is 1. The highest BCUT2D eigenvalue weighted by Gasteiger charge is 2.04. The van der Waals surface area contributed by atoms with Crippen LogP contribution in [0, 0.1) is 6.92 Å². The minimum atomic E-state index is 0.0313. The fraction of sp³-hybridized carbons (Fsp3) is 0.235. The zero-order chi connectivity index (χ0) is 14.4. The summed E-state index contributed by atoms with van der Waals surface area (Å²) in [5, 5.41) is 2.94. The molecule has 0 atom stereocenters. The summed E-state index contributed by atoms with van der Waals surface area (Å²) in [4.78, 5) is 13.0. The molecule has 0 spiro atoms. The maximum atomic E-state index is 11.9. The fourth-order valence-electron chi connectivity index (χ4n) is 1.85. The lowest BCUT2D eigenvalue weighted by Crippen LogP contribution is -2.14. The van der Waals surface area contributed by atoms with Crippen LogP contribution in [0.3, 0.4) is 0 Å². The van der Waals surface area contributed by atoms with E-state index in [0.717, 1.165) is 17.0 Å². The second-order valence-corrected chi connectivity index (χ2v) is 5.75. The molecule has 0 aliphatic carbocycles. The van der Waals surface area contributed by atoms with Crippen molar-refractivity contribution in [2.45, 2.75) is 25.2 Å². The topological polar surface area (TPSA) is 29.1 Å². The molecular weight excluding hydrogens is 266 g/mol. The number of hydrogen-bond acceptors (Lipinski definition) is 2. The lowest BCUT2D eigenvalue weighted by Gasteiger charge is -2.07. The molecule has 1 N–H and O–H groups in total. The molecule has 1 amide bonds. The highest BCUT2D eigenvalue weighted by molar-refractivity contribution is 8.00. The van der Waals surface area contributed by atoms with Gasteiger partial charge in [-0.3, -0.25) is 4.79 Å². The smallest absolute Gasteiger partial charge is 0.234 e. The average Bonchev–Trinajstić information content (AvgIpc) is 2.47. The summed E-state index contributed by atoms with van der Waals surface area (Å²) in [5.41, 5.74) is 3.34. The number of benzene rings is 2. The van der Waals surface area contributed by atoms with E-state index in [9.17, 15) is 4.79 Å². The summed E-state index contributed by atoms with van der Waals surface area (Å²) >= 11 is 1.55. The first kappa shape index (κ1) is 14.7. The molecule has 0 fully saturated rings. The van der Waals surface area contributed by atoms with Gasteiger partial charge in [-0.05, 0) is 43.2 Å². The zero-order valence-corrected chi connectivity index (χ0v) is 12.7. The molecule has 3 heteroatoms. The molecule has 2 nitrogen and oxygen atoms in total. The third-order valence-electron chi connectivity index (χ3n) is 3.01. The van der Waals surface area contributed by atoms with E-state index in [2.05, 4.69) is 37.4 Å². The van der Waals surface area contributed by atoms with Crippen molar-refractivity contribution in [2.75, 3.05) is 11.1 Å². The molecule has 0 aliphatic rings. The zero-order valence-electron chi connectivity index (χ0n) is 11.8. The lowest BCUT2D eigenvalue weighted by atomic mass is 10.1. The Morgan fingerprint density at radius 3 is 2.60 bits per heavy atom. The highest BCUT2D eigenvalue weighted by atomic mass is 32.2. The van der Waals surface area contributed by atoms with Crippen molar-refractivity contribution in [3.05, 3.63) is 59.7 Å². The Kier molecular flexibility index (Phi) is 5.24. The van der Waals surface area contributed by atoms with Gasteiger partial charge in [0, 0.05) is 10.6 Å². The van der Waals surface area contributed by atoms with Gasteiger partial charge >= 0.3 is 0 Å². The SMILES string of the molecule is CCc1cccc(NC(=O)CSc2ccc(C)cc2)c1. The molecule has 0 aliphatic heterocycles. The van der Waals surface area contributed by atoms with Gasteiger partial charge in [-0.2, -0.15) is 0 Å². The maximum Gasteiger partial charge on any atom is 0.234 e. The Labute approximate surface area is 124 Å². The number of nitrogens with one attached hydrogen (secondary N) is 1. The average molecular weight is 285 g/mol. The molecule has 2 rings (SSSR count). The van der Waals surface area contributed by atoms with Crippen LogP contribution in [0.25, 0.3) is 0 Å². The molecule has 0 radical (unpaired) electrons. The maximum absolute atomic E-state index is 11.9. The van der Waals surface area contributed by atoms with E-state index in [0.29, 0.717) is 5.75 Å². The minimum absolute atomic E-state index is 0.0313. The van der Waals surface area contributed by atoms with E-state index < -0.39 is 0 Å². The second-order valence-electron chi connectivity index (χ2n) is 4.70. The number of amides is 1. The van der Waals surface area contributed by atoms with E-state index in [-0.39, 0.29) is 5.91 Å². The molecular formula is C17H19NOS. The Bertz CT molecular complexity index is 578. The molecule has 2 aromatic carbocycles. The van der Waals surface area contributed by atoms with Crippen LogP contribution in [-0.4, -0.2) is 11.7 Å². The second kappa shape index (κ2) is 7.15. The molecule has 2 aromatic rings. The van der Waals surface area contributed by atoms with Gasteiger partial charge in [0.1, 0.15) is 0 Å². The summed E-state index contributed by atoms with van der Waals surface area (Å²) in [7, 11) is 0. The van der Waals surface area contributed by atoms with E-state index in [1.165, 1.54) is 11.1 Å². The van der Waals surface area contributed by atoms with Gasteiger partial charge in [0.2, 0.25) is 5.91 Å². The molecule has 0 heterocycles. The quantitative estimate of drug-likeness (QED) is 0.830. The van der Waals surface area contributed by atoms with E-state index in [1.807, 2.05) is 30.3 Å². The van der Waals surface area contributed by atoms with E-state index >= 15 is 0 Å². The molecule has 0 saturated carbocycles. The number of carbonyl (C=O) groups is 1. The summed E-state index contributed by atoms with van der Waals surface area (Å²) in [6.45, 7) is 4.16. The van der Waals surface area contributed by atoms with Gasteiger partial charge in [-0.1, -0.05) is 36.8 Å². The van der Waals surface area contributed by atoms with E-state index in [4.69, 9.17) is 0 Å². The van der Waals surface area contributed by atoms with E-state index in [1.54, 1.807) is 11.8 Å². The van der Waals surface area contributed by atoms with Crippen LogP contribution in [0.5, 0.6) is 0 Å². The van der Waals surface area contributed by atoms with Crippen molar-refractivity contribution in [2.24, 2.45) is 0 Å². The predicted octanol–water partition coefficient (Wildman–Crippen LogP) is 4.29. The number of thioether (sulfide) groups is 1. The summed E-state index contributed by atoms with van der Waals surface area (Å²) in [6.07, 6.45) is 0.974. The van der Waals surface area contributed by atoms with Crippen molar-refractivity contribution in [3.63, 3.8) is 0 Å². The van der Waals surface area contributed by atoms with Crippen LogP contribution in [-0.2, 0) is 11.2 Å². The Balaban J connectivity index is 1.87. The third-order valence-corrected chi connectivity index (χ3v) is 4.02. The number of rotatable bonds is 5. The van der Waals surface area contributed by atoms with Crippen LogP contribution < -0.4 is 5.32 Å². The van der Waals surface area contributed by atoms with Crippen molar-refractivity contribution >= 4 is 23.4 Å². The highest BCUT2D eigenvalue weighted by Crippen LogP contribution is 2.19. The third kappa shape index (κ3) is 4.42. The van der Waals surface area contributed by atoms with Crippen LogP contribution in [0.15, 0.2) is 53.4 Å². The van der Waals surface area contributed by atoms with Gasteiger partial charge in [0.25, 0.3) is 0 Å². The van der Waals surface area contributed by atoms with Crippen LogP contribution in [0.4, 0.5) is 5.69 Å². The first-order chi connectivity index (χ1) is 9.67.